The van der Waals surface area contributed by atoms with Crippen LogP contribution in [0.1, 0.15) is 88.5 Å². The van der Waals surface area contributed by atoms with Crippen molar-refractivity contribution in [2.24, 2.45) is 0 Å². The summed E-state index contributed by atoms with van der Waals surface area (Å²) in [6.07, 6.45) is 7.57. The second-order valence-electron chi connectivity index (χ2n) is 11.1. The number of ketones is 1. The van der Waals surface area contributed by atoms with Crippen LogP contribution in [-0.4, -0.2) is 68.2 Å². The number of morpholine rings is 2. The third-order valence-corrected chi connectivity index (χ3v) is 8.97. The highest BCUT2D eigenvalue weighted by molar-refractivity contribution is 6.11. The van der Waals surface area contributed by atoms with Crippen LogP contribution in [0, 0.1) is 0 Å². The topological polar surface area (TPSA) is 42.0 Å². The first-order chi connectivity index (χ1) is 17.8. The molecule has 0 amide bonds. The van der Waals surface area contributed by atoms with Crippen molar-refractivity contribution < 1.29 is 14.3 Å². The molecule has 2 saturated heterocycles. The monoisotopic (exact) mass is 488 g/mol. The molecule has 0 aromatic heterocycles. The molecule has 2 aliphatic heterocycles. The molecule has 5 nitrogen and oxygen atoms in total. The zero-order valence-corrected chi connectivity index (χ0v) is 21.6. The maximum absolute atomic E-state index is 14.4. The van der Waals surface area contributed by atoms with Gasteiger partial charge in [-0.25, -0.2) is 0 Å². The largest absolute Gasteiger partial charge is 0.379 e. The summed E-state index contributed by atoms with van der Waals surface area (Å²) in [4.78, 5) is 19.4. The number of ether oxygens (including phenoxy) is 2. The van der Waals surface area contributed by atoms with E-state index in [4.69, 9.17) is 9.47 Å². The minimum Gasteiger partial charge on any atom is -0.379 e. The highest BCUT2D eigenvalue weighted by Crippen LogP contribution is 2.41. The first-order valence-electron chi connectivity index (χ1n) is 14.2. The summed E-state index contributed by atoms with van der Waals surface area (Å²) < 4.78 is 11.2. The molecular formula is C31H40N2O3. The smallest absolute Gasteiger partial charge is 0.193 e. The Labute approximate surface area is 215 Å². The van der Waals surface area contributed by atoms with E-state index in [1.807, 2.05) is 0 Å². The quantitative estimate of drug-likeness (QED) is 0.483. The molecule has 4 aliphatic rings. The van der Waals surface area contributed by atoms with Gasteiger partial charge in [-0.05, 0) is 59.8 Å². The van der Waals surface area contributed by atoms with E-state index in [0.717, 1.165) is 76.8 Å². The molecule has 2 aliphatic carbocycles. The van der Waals surface area contributed by atoms with Gasteiger partial charge in [0.25, 0.3) is 0 Å². The predicted octanol–water partition coefficient (Wildman–Crippen LogP) is 5.12. The van der Waals surface area contributed by atoms with Crippen LogP contribution in [0.2, 0.25) is 0 Å². The highest BCUT2D eigenvalue weighted by Gasteiger charge is 2.30. The number of carbonyl (C=O) groups is 1. The summed E-state index contributed by atoms with van der Waals surface area (Å²) >= 11 is 0. The molecule has 0 unspecified atom stereocenters. The molecule has 2 aromatic carbocycles. The number of benzene rings is 2. The van der Waals surface area contributed by atoms with Gasteiger partial charge in [0.05, 0.1) is 26.4 Å². The fourth-order valence-corrected chi connectivity index (χ4v) is 6.30. The Morgan fingerprint density at radius 3 is 1.44 bits per heavy atom. The van der Waals surface area contributed by atoms with Gasteiger partial charge in [-0.2, -0.15) is 0 Å². The molecule has 0 N–H and O–H groups in total. The van der Waals surface area contributed by atoms with Crippen LogP contribution in [0.25, 0.3) is 0 Å². The average molecular weight is 489 g/mol. The molecule has 0 atom stereocenters. The van der Waals surface area contributed by atoms with E-state index in [2.05, 4.69) is 46.2 Å². The van der Waals surface area contributed by atoms with Crippen LogP contribution < -0.4 is 0 Å². The number of hydrogen-bond donors (Lipinski definition) is 0. The fourth-order valence-electron chi connectivity index (χ4n) is 6.30. The van der Waals surface area contributed by atoms with Gasteiger partial charge in [-0.15, -0.1) is 0 Å². The summed E-state index contributed by atoms with van der Waals surface area (Å²) in [5.74, 6) is 1.41. The normalized spacial score (nSPS) is 22.2. The van der Waals surface area contributed by atoms with Crippen LogP contribution in [0.5, 0.6) is 0 Å². The van der Waals surface area contributed by atoms with Crippen LogP contribution >= 0.6 is 0 Å². The van der Waals surface area contributed by atoms with Crippen molar-refractivity contribution in [3.63, 3.8) is 0 Å². The van der Waals surface area contributed by atoms with Crippen molar-refractivity contribution in [2.75, 3.05) is 52.6 Å². The van der Waals surface area contributed by atoms with E-state index in [-0.39, 0.29) is 5.78 Å². The fraction of sp³-hybridized carbons (Fsp3) is 0.581. The molecule has 6 rings (SSSR count). The third kappa shape index (κ3) is 5.04. The van der Waals surface area contributed by atoms with Gasteiger partial charge in [0.1, 0.15) is 0 Å². The molecular weight excluding hydrogens is 448 g/mol. The molecule has 36 heavy (non-hydrogen) atoms. The lowest BCUT2D eigenvalue weighted by Gasteiger charge is -2.34. The Balaban J connectivity index is 1.38. The van der Waals surface area contributed by atoms with Gasteiger partial charge >= 0.3 is 0 Å². The Hall–Kier alpha value is -2.05. The van der Waals surface area contributed by atoms with Crippen LogP contribution in [-0.2, 0) is 22.6 Å². The van der Waals surface area contributed by atoms with E-state index in [1.165, 1.54) is 60.8 Å². The molecule has 192 valence electrons. The standard InChI is InChI=1S/C31H40N2O3/c34-31(27-11-3-9-25(23-5-1-6-23)29(27)21-32-13-17-35-18-14-32)28-12-4-10-26(24-7-2-8-24)30(28)22-33-15-19-36-20-16-33/h3-4,9-12,23-24H,1-2,5-8,13-22H2. The Bertz CT molecular complexity index is 980. The predicted molar refractivity (Wildman–Crippen MR) is 142 cm³/mol. The van der Waals surface area contributed by atoms with Crippen molar-refractivity contribution in [1.82, 2.24) is 9.80 Å². The number of carbonyl (C=O) groups excluding carboxylic acids is 1. The van der Waals surface area contributed by atoms with E-state index < -0.39 is 0 Å². The minimum absolute atomic E-state index is 0.212. The average Bonchev–Trinajstić information content (AvgIpc) is 2.85. The van der Waals surface area contributed by atoms with Gasteiger partial charge in [-0.3, -0.25) is 14.6 Å². The minimum atomic E-state index is 0.212. The van der Waals surface area contributed by atoms with E-state index in [0.29, 0.717) is 11.8 Å². The maximum Gasteiger partial charge on any atom is 0.193 e. The summed E-state index contributed by atoms with van der Waals surface area (Å²) in [7, 11) is 0. The molecule has 0 spiro atoms. The SMILES string of the molecule is O=C(c1cccc(C2CCC2)c1CN1CCOCC1)c1cccc(C2CCC2)c1CN1CCOCC1. The van der Waals surface area contributed by atoms with Crippen LogP contribution in [0.15, 0.2) is 36.4 Å². The first kappa shape index (κ1) is 24.3. The van der Waals surface area contributed by atoms with Crippen molar-refractivity contribution in [1.29, 1.82) is 0 Å². The first-order valence-corrected chi connectivity index (χ1v) is 14.2. The molecule has 2 saturated carbocycles. The zero-order valence-electron chi connectivity index (χ0n) is 21.6. The van der Waals surface area contributed by atoms with Crippen molar-refractivity contribution in [3.05, 3.63) is 69.8 Å². The Kier molecular flexibility index (Phi) is 7.52. The number of nitrogens with zero attached hydrogens (tertiary/aromatic N) is 2. The maximum atomic E-state index is 14.4. The third-order valence-electron chi connectivity index (χ3n) is 8.97. The summed E-state index contributed by atoms with van der Waals surface area (Å²) in [6.45, 7) is 8.56. The lowest BCUT2D eigenvalue weighted by molar-refractivity contribution is 0.0338. The van der Waals surface area contributed by atoms with Crippen molar-refractivity contribution >= 4 is 5.78 Å². The molecule has 5 heteroatoms. The van der Waals surface area contributed by atoms with Gasteiger partial charge < -0.3 is 9.47 Å². The van der Waals surface area contributed by atoms with E-state index >= 15 is 0 Å². The van der Waals surface area contributed by atoms with Gasteiger partial charge in [0.2, 0.25) is 0 Å². The van der Waals surface area contributed by atoms with Crippen molar-refractivity contribution in [3.8, 4) is 0 Å². The lowest BCUT2D eigenvalue weighted by Crippen LogP contribution is -2.37. The second-order valence-corrected chi connectivity index (χ2v) is 11.1. The molecule has 2 heterocycles. The van der Waals surface area contributed by atoms with E-state index in [1.54, 1.807) is 0 Å². The Morgan fingerprint density at radius 2 is 1.08 bits per heavy atom. The Morgan fingerprint density at radius 1 is 0.667 bits per heavy atom. The lowest BCUT2D eigenvalue weighted by atomic mass is 9.75. The number of rotatable bonds is 8. The van der Waals surface area contributed by atoms with Crippen LogP contribution in [0.4, 0.5) is 0 Å². The summed E-state index contributed by atoms with van der Waals surface area (Å²) in [5.41, 5.74) is 7.17. The second kappa shape index (κ2) is 11.1. The molecule has 4 fully saturated rings. The van der Waals surface area contributed by atoms with Gasteiger partial charge in [0, 0.05) is 50.4 Å². The van der Waals surface area contributed by atoms with Crippen molar-refractivity contribution in [2.45, 2.75) is 63.5 Å². The van der Waals surface area contributed by atoms with Gasteiger partial charge in [-0.1, -0.05) is 49.2 Å². The molecule has 0 radical (unpaired) electrons. The zero-order chi connectivity index (χ0) is 24.3. The summed E-state index contributed by atoms with van der Waals surface area (Å²) in [6, 6.07) is 13.0. The van der Waals surface area contributed by atoms with E-state index in [9.17, 15) is 4.79 Å². The van der Waals surface area contributed by atoms with Gasteiger partial charge in [0.15, 0.2) is 5.78 Å². The highest BCUT2D eigenvalue weighted by atomic mass is 16.5. The van der Waals surface area contributed by atoms with Crippen LogP contribution in [0.3, 0.4) is 0 Å². The molecule has 2 aromatic rings. The summed E-state index contributed by atoms with van der Waals surface area (Å²) in [5, 5.41) is 0. The molecule has 0 bridgehead atoms. The number of hydrogen-bond acceptors (Lipinski definition) is 5.